The van der Waals surface area contributed by atoms with E-state index in [-0.39, 0.29) is 54.6 Å². The number of pyridine rings is 4. The van der Waals surface area contributed by atoms with Crippen molar-refractivity contribution in [2.75, 3.05) is 0 Å². The number of nitrogens with zero attached hydrogens (tertiary/aromatic N) is 4. The first-order valence-electron chi connectivity index (χ1n) is 8.25. The fourth-order valence-corrected chi connectivity index (χ4v) is 2.06. The molecular formula is C20H16N4O4STl2. The molecule has 0 aliphatic carbocycles. The Morgan fingerprint density at radius 2 is 0.677 bits per heavy atom. The van der Waals surface area contributed by atoms with E-state index in [1.807, 2.05) is 72.8 Å². The summed E-state index contributed by atoms with van der Waals surface area (Å²) in [5.74, 6) is 0. The van der Waals surface area contributed by atoms with Gasteiger partial charge in [0.25, 0.3) is 0 Å². The summed E-state index contributed by atoms with van der Waals surface area (Å²) in [6, 6.07) is 23.2. The van der Waals surface area contributed by atoms with Crippen LogP contribution in [0.25, 0.3) is 22.8 Å². The van der Waals surface area contributed by atoms with Crippen LogP contribution in [0.5, 0.6) is 0 Å². The third-order valence-electron chi connectivity index (χ3n) is 3.18. The van der Waals surface area contributed by atoms with Gasteiger partial charge in [0, 0.05) is 35.2 Å². The van der Waals surface area contributed by atoms with E-state index >= 15 is 0 Å². The van der Waals surface area contributed by atoms with Crippen LogP contribution >= 0.6 is 0 Å². The summed E-state index contributed by atoms with van der Waals surface area (Å²) in [6.45, 7) is 0. The van der Waals surface area contributed by atoms with Gasteiger partial charge in [-0.15, -0.1) is 0 Å². The summed E-state index contributed by atoms with van der Waals surface area (Å²) in [7, 11) is -5.17. The maximum absolute atomic E-state index is 8.52. The van der Waals surface area contributed by atoms with Crippen LogP contribution in [0, 0.1) is 0 Å². The Morgan fingerprint density at radius 1 is 0.484 bits per heavy atom. The number of hydrogen-bond acceptors (Lipinski definition) is 8. The average Bonchev–Trinajstić information content (AvgIpc) is 2.76. The number of hydrogen-bond donors (Lipinski definition) is 0. The molecule has 0 aromatic carbocycles. The number of aromatic nitrogens is 4. The first kappa shape index (κ1) is 29.3. The molecule has 4 aromatic rings. The summed E-state index contributed by atoms with van der Waals surface area (Å²) in [4.78, 5) is 16.7. The van der Waals surface area contributed by atoms with Gasteiger partial charge in [0.05, 0.1) is 22.8 Å². The molecule has 0 aliphatic heterocycles. The molecule has 0 saturated carbocycles. The van der Waals surface area contributed by atoms with E-state index in [4.69, 9.17) is 17.5 Å². The molecule has 31 heavy (non-hydrogen) atoms. The first-order chi connectivity index (χ1) is 13.9. The summed E-state index contributed by atoms with van der Waals surface area (Å²) >= 11 is 0. The van der Waals surface area contributed by atoms with Gasteiger partial charge in [-0.2, -0.15) is 0 Å². The standard InChI is InChI=1S/2C10H8N2.H2O4S.2Tl/c2*1-3-7-11-9(5-1)10-6-2-4-8-12-10;1-5(2,3)4;;/h2*1-8H;(H2,1,2,3,4);;/q;;;2*+1/p-2. The Morgan fingerprint density at radius 3 is 0.806 bits per heavy atom. The molecule has 0 saturated heterocycles. The minimum absolute atomic E-state index is 0. The monoisotopic (exact) mass is 818 g/mol. The third-order valence-corrected chi connectivity index (χ3v) is 3.18. The second-order valence-electron chi connectivity index (χ2n) is 5.27. The largest absolute Gasteiger partial charge is 1.00 e. The molecule has 4 aromatic heterocycles. The quantitative estimate of drug-likeness (QED) is 0.171. The van der Waals surface area contributed by atoms with Crippen molar-refractivity contribution in [3.8, 4) is 22.8 Å². The van der Waals surface area contributed by atoms with Gasteiger partial charge in [-0.05, 0) is 48.5 Å². The van der Waals surface area contributed by atoms with Crippen LogP contribution in [0.3, 0.4) is 0 Å². The Balaban J connectivity index is 0.000000457. The van der Waals surface area contributed by atoms with Crippen LogP contribution in [0.2, 0.25) is 0 Å². The Labute approximate surface area is 221 Å². The predicted molar refractivity (Wildman–Crippen MR) is 117 cm³/mol. The van der Waals surface area contributed by atoms with Crippen LogP contribution in [-0.2, 0) is 10.4 Å². The molecule has 0 fully saturated rings. The summed E-state index contributed by atoms with van der Waals surface area (Å²) in [5.41, 5.74) is 3.66. The van der Waals surface area contributed by atoms with Gasteiger partial charge in [0.1, 0.15) is 0 Å². The zero-order chi connectivity index (χ0) is 21.0. The molecule has 0 unspecified atom stereocenters. The normalized spacial score (nSPS) is 9.35. The van der Waals surface area contributed by atoms with Crippen molar-refractivity contribution in [1.82, 2.24) is 19.9 Å². The summed E-state index contributed by atoms with van der Waals surface area (Å²) < 4.78 is 34.1. The zero-order valence-electron chi connectivity index (χ0n) is 16.2. The Hall–Kier alpha value is -1.69. The summed E-state index contributed by atoms with van der Waals surface area (Å²) in [6.07, 6.45) is 7.07. The second kappa shape index (κ2) is 16.0. The molecular weight excluding hydrogens is 801 g/mol. The van der Waals surface area contributed by atoms with Crippen molar-refractivity contribution < 1.29 is 17.5 Å². The smallest absolute Gasteiger partial charge is 0.759 e. The van der Waals surface area contributed by atoms with E-state index in [0.717, 1.165) is 22.8 Å². The maximum atomic E-state index is 8.52. The van der Waals surface area contributed by atoms with Gasteiger partial charge in [0.15, 0.2) is 0 Å². The van der Waals surface area contributed by atoms with Gasteiger partial charge in [-0.1, -0.05) is 24.3 Å². The molecule has 11 heteroatoms. The van der Waals surface area contributed by atoms with Crippen molar-refractivity contribution in [1.29, 1.82) is 0 Å². The van der Waals surface area contributed by atoms with Crippen molar-refractivity contribution in [3.63, 3.8) is 0 Å². The Kier molecular flexibility index (Phi) is 15.1. The molecule has 4 rings (SSSR count). The predicted octanol–water partition coefficient (Wildman–Crippen LogP) is 2.19. The van der Waals surface area contributed by atoms with Crippen LogP contribution in [-0.4, -0.2) is 92.1 Å². The topological polar surface area (TPSA) is 132 Å². The molecule has 0 bridgehead atoms. The Bertz CT molecular complexity index is 919. The van der Waals surface area contributed by atoms with Gasteiger partial charge in [-0.3, -0.25) is 28.4 Å². The minimum atomic E-state index is -5.17. The van der Waals surface area contributed by atoms with Gasteiger partial charge < -0.3 is 9.11 Å². The molecule has 0 radical (unpaired) electrons. The van der Waals surface area contributed by atoms with Crippen LogP contribution in [0.4, 0.5) is 0 Å². The van der Waals surface area contributed by atoms with E-state index in [0.29, 0.717) is 0 Å². The molecule has 0 aliphatic rings. The van der Waals surface area contributed by atoms with Crippen LogP contribution in [0.15, 0.2) is 97.6 Å². The van der Waals surface area contributed by atoms with Crippen LogP contribution in [0.1, 0.15) is 0 Å². The van der Waals surface area contributed by atoms with E-state index in [2.05, 4.69) is 19.9 Å². The minimum Gasteiger partial charge on any atom is -0.759 e. The molecule has 0 atom stereocenters. The molecule has 152 valence electrons. The fourth-order valence-electron chi connectivity index (χ4n) is 2.06. The average molecular weight is 817 g/mol. The van der Waals surface area contributed by atoms with Crippen molar-refractivity contribution >= 4 is 65.0 Å². The molecule has 0 amide bonds. The molecule has 4 heterocycles. The van der Waals surface area contributed by atoms with Crippen molar-refractivity contribution in [2.24, 2.45) is 0 Å². The van der Waals surface area contributed by atoms with Gasteiger partial charge >= 0.3 is 54.6 Å². The maximum Gasteiger partial charge on any atom is 1.00 e. The van der Waals surface area contributed by atoms with E-state index < -0.39 is 10.4 Å². The SMILES string of the molecule is O=S(=O)([O-])[O-].[Tl+].[Tl+].c1ccc(-c2ccccn2)nc1.c1ccc(-c2ccccn2)nc1. The zero-order valence-corrected chi connectivity index (χ0v) is 26.0. The first-order valence-corrected chi connectivity index (χ1v) is 9.58. The second-order valence-corrected chi connectivity index (χ2v) is 6.08. The third kappa shape index (κ3) is 13.4. The van der Waals surface area contributed by atoms with E-state index in [1.165, 1.54) is 0 Å². The van der Waals surface area contributed by atoms with Crippen molar-refractivity contribution in [3.05, 3.63) is 97.6 Å². The molecule has 0 N–H and O–H groups in total. The molecule has 8 nitrogen and oxygen atoms in total. The fraction of sp³-hybridized carbons (Fsp3) is 0. The summed E-state index contributed by atoms with van der Waals surface area (Å²) in [5, 5.41) is 0. The van der Waals surface area contributed by atoms with Gasteiger partial charge in [0.2, 0.25) is 0 Å². The van der Waals surface area contributed by atoms with E-state index in [1.54, 1.807) is 24.8 Å². The van der Waals surface area contributed by atoms with Crippen molar-refractivity contribution in [2.45, 2.75) is 0 Å². The van der Waals surface area contributed by atoms with Crippen LogP contribution < -0.4 is 0 Å². The van der Waals surface area contributed by atoms with E-state index in [9.17, 15) is 0 Å². The van der Waals surface area contributed by atoms with Gasteiger partial charge in [-0.25, -0.2) is 0 Å². The molecule has 0 spiro atoms. The number of rotatable bonds is 2.